The number of ketones is 1. The molecule has 0 saturated heterocycles. The molecule has 4 rings (SSSR count). The Hall–Kier alpha value is -5.04. The second kappa shape index (κ2) is 16.3. The Morgan fingerprint density at radius 2 is 1.65 bits per heavy atom. The lowest BCUT2D eigenvalue weighted by molar-refractivity contribution is -0.137. The predicted molar refractivity (Wildman–Crippen MR) is 162 cm³/mol. The van der Waals surface area contributed by atoms with Crippen LogP contribution >= 0.6 is 0 Å². The lowest BCUT2D eigenvalue weighted by Crippen LogP contribution is -2.41. The smallest absolute Gasteiger partial charge is 0.416 e. The third-order valence-electron chi connectivity index (χ3n) is 6.98. The number of ether oxygens (including phenoxy) is 1. The fraction of sp³-hybridized carbons (Fsp3) is 0.303. The number of benzene rings is 3. The number of nitrogens with zero attached hydrogens (tertiary/aromatic N) is 2. The number of carbonyl (C=O) groups is 3. The van der Waals surface area contributed by atoms with Crippen LogP contribution in [0.15, 0.2) is 83.4 Å². The molecule has 0 spiro atoms. The number of hydrogen-bond donors (Lipinski definition) is 3. The average molecular weight is 638 g/mol. The van der Waals surface area contributed by atoms with E-state index in [4.69, 9.17) is 15.0 Å². The third-order valence-corrected chi connectivity index (χ3v) is 6.98. The van der Waals surface area contributed by atoms with Gasteiger partial charge < -0.3 is 25.6 Å². The number of nitrogens with one attached hydrogen (secondary N) is 2. The Bertz CT molecular complexity index is 1590. The van der Waals surface area contributed by atoms with Crippen molar-refractivity contribution in [3.05, 3.63) is 118 Å². The summed E-state index contributed by atoms with van der Waals surface area (Å²) in [5, 5.41) is 9.11. The molecule has 13 heteroatoms. The van der Waals surface area contributed by atoms with E-state index in [0.717, 1.165) is 23.3 Å². The van der Waals surface area contributed by atoms with Crippen LogP contribution in [0.5, 0.6) is 0 Å². The molecule has 0 unspecified atom stereocenters. The molecule has 0 saturated carbocycles. The van der Waals surface area contributed by atoms with Crippen LogP contribution in [0, 0.1) is 0 Å². The van der Waals surface area contributed by atoms with Crippen LogP contribution < -0.4 is 16.4 Å². The molecule has 0 aliphatic rings. The summed E-state index contributed by atoms with van der Waals surface area (Å²) in [5.74, 6) is -0.928. The van der Waals surface area contributed by atoms with E-state index in [1.807, 2.05) is 30.3 Å². The number of alkyl carbamates (subject to hydrolysis) is 1. The number of alkyl halides is 3. The van der Waals surface area contributed by atoms with Gasteiger partial charge in [-0.2, -0.15) is 18.2 Å². The SMILES string of the molecule is NCCCC[C@H](NC(=O)OCc1ccccc1)C(=O)c1noc(Cc2ccc(C(=O)NCCc3cccc(C(F)(F)F)c3)cc2)n1. The molecule has 1 aromatic heterocycles. The van der Waals surface area contributed by atoms with Crippen LogP contribution in [-0.2, 0) is 30.4 Å². The largest absolute Gasteiger partial charge is 0.445 e. The second-order valence-corrected chi connectivity index (χ2v) is 10.5. The van der Waals surface area contributed by atoms with Crippen molar-refractivity contribution >= 4 is 17.8 Å². The number of halogens is 3. The molecule has 4 N–H and O–H groups in total. The maximum atomic E-state index is 13.2. The van der Waals surface area contributed by atoms with Gasteiger partial charge in [0.1, 0.15) is 6.61 Å². The number of carbonyl (C=O) groups excluding carboxylic acids is 3. The van der Waals surface area contributed by atoms with Gasteiger partial charge in [0.05, 0.1) is 18.0 Å². The number of amides is 2. The summed E-state index contributed by atoms with van der Waals surface area (Å²) in [7, 11) is 0. The lowest BCUT2D eigenvalue weighted by atomic mass is 10.0. The topological polar surface area (TPSA) is 149 Å². The molecule has 0 fully saturated rings. The van der Waals surface area contributed by atoms with E-state index in [1.165, 1.54) is 6.07 Å². The van der Waals surface area contributed by atoms with Crippen molar-refractivity contribution in [2.45, 2.75) is 50.9 Å². The van der Waals surface area contributed by atoms with Gasteiger partial charge in [-0.3, -0.25) is 9.59 Å². The fourth-order valence-electron chi connectivity index (χ4n) is 4.53. The van der Waals surface area contributed by atoms with Gasteiger partial charge in [0.15, 0.2) is 0 Å². The Balaban J connectivity index is 1.29. The summed E-state index contributed by atoms with van der Waals surface area (Å²) >= 11 is 0. The Labute approximate surface area is 263 Å². The standard InChI is InChI=1S/C33H34F3N5O5/c34-33(35,36)26-10-6-9-22(19-26)16-18-38-31(43)25-14-12-23(13-15-25)20-28-40-30(41-46-28)29(42)27(11-4-5-17-37)39-32(44)45-21-24-7-2-1-3-8-24/h1-3,6-10,12-15,19,27H,4-5,11,16-18,20-21,37H2,(H,38,43)(H,39,44)/t27-/m0/s1. The summed E-state index contributed by atoms with van der Waals surface area (Å²) in [6, 6.07) is 19.7. The van der Waals surface area contributed by atoms with Gasteiger partial charge in [-0.25, -0.2) is 4.79 Å². The van der Waals surface area contributed by atoms with Crippen molar-refractivity contribution in [2.75, 3.05) is 13.1 Å². The van der Waals surface area contributed by atoms with E-state index in [9.17, 15) is 27.6 Å². The first kappa shape index (κ1) is 33.8. The molecular formula is C33H34F3N5O5. The van der Waals surface area contributed by atoms with Crippen LogP contribution in [0.2, 0.25) is 0 Å². The van der Waals surface area contributed by atoms with E-state index in [1.54, 1.807) is 30.3 Å². The van der Waals surface area contributed by atoms with Crippen LogP contribution in [0.1, 0.15) is 68.4 Å². The first-order valence-electron chi connectivity index (χ1n) is 14.7. The van der Waals surface area contributed by atoms with Crippen LogP contribution in [-0.4, -0.2) is 47.1 Å². The summed E-state index contributed by atoms with van der Waals surface area (Å²) in [6.45, 7) is 0.641. The quantitative estimate of drug-likeness (QED) is 0.118. The minimum Gasteiger partial charge on any atom is -0.445 e. The predicted octanol–water partition coefficient (Wildman–Crippen LogP) is 5.26. The summed E-state index contributed by atoms with van der Waals surface area (Å²) in [4.78, 5) is 42.4. The lowest BCUT2D eigenvalue weighted by Gasteiger charge is -2.16. The van der Waals surface area contributed by atoms with Gasteiger partial charge in [-0.15, -0.1) is 0 Å². The fourth-order valence-corrected chi connectivity index (χ4v) is 4.53. The molecule has 0 radical (unpaired) electrons. The first-order valence-corrected chi connectivity index (χ1v) is 14.7. The van der Waals surface area contributed by atoms with E-state index < -0.39 is 29.7 Å². The summed E-state index contributed by atoms with van der Waals surface area (Å²) in [6.07, 6.45) is -3.20. The third kappa shape index (κ3) is 10.3. The number of rotatable bonds is 15. The van der Waals surface area contributed by atoms with Crippen molar-refractivity contribution in [1.82, 2.24) is 20.8 Å². The molecule has 1 atom stereocenters. The van der Waals surface area contributed by atoms with Gasteiger partial charge in [0, 0.05) is 12.1 Å². The van der Waals surface area contributed by atoms with Gasteiger partial charge in [0.25, 0.3) is 5.91 Å². The molecule has 3 aromatic carbocycles. The van der Waals surface area contributed by atoms with E-state index >= 15 is 0 Å². The van der Waals surface area contributed by atoms with E-state index in [-0.39, 0.29) is 43.6 Å². The van der Waals surface area contributed by atoms with Gasteiger partial charge in [-0.1, -0.05) is 65.8 Å². The highest BCUT2D eigenvalue weighted by Crippen LogP contribution is 2.29. The molecule has 0 aliphatic carbocycles. The molecule has 0 bridgehead atoms. The number of unbranched alkanes of at least 4 members (excludes halogenated alkanes) is 1. The monoisotopic (exact) mass is 637 g/mol. The number of aromatic nitrogens is 2. The number of hydrogen-bond acceptors (Lipinski definition) is 8. The molecule has 46 heavy (non-hydrogen) atoms. The van der Waals surface area contributed by atoms with Crippen molar-refractivity contribution in [3.63, 3.8) is 0 Å². The van der Waals surface area contributed by atoms with Crippen LogP contribution in [0.3, 0.4) is 0 Å². The minimum atomic E-state index is -4.43. The van der Waals surface area contributed by atoms with Crippen molar-refractivity contribution in [3.8, 4) is 0 Å². The Morgan fingerprint density at radius 1 is 0.913 bits per heavy atom. The molecule has 4 aromatic rings. The molecule has 1 heterocycles. The van der Waals surface area contributed by atoms with Crippen molar-refractivity contribution in [1.29, 1.82) is 0 Å². The zero-order chi connectivity index (χ0) is 32.9. The van der Waals surface area contributed by atoms with Crippen LogP contribution in [0.4, 0.5) is 18.0 Å². The van der Waals surface area contributed by atoms with Gasteiger partial charge >= 0.3 is 12.3 Å². The molecule has 2 amide bonds. The first-order chi connectivity index (χ1) is 22.1. The zero-order valence-electron chi connectivity index (χ0n) is 24.9. The highest BCUT2D eigenvalue weighted by molar-refractivity contribution is 5.98. The maximum Gasteiger partial charge on any atom is 0.416 e. The summed E-state index contributed by atoms with van der Waals surface area (Å²) < 4.78 is 49.3. The van der Waals surface area contributed by atoms with Crippen molar-refractivity contribution in [2.24, 2.45) is 5.73 Å². The number of nitrogens with two attached hydrogens (primary N) is 1. The molecule has 0 aliphatic heterocycles. The van der Waals surface area contributed by atoms with Crippen LogP contribution in [0.25, 0.3) is 0 Å². The maximum absolute atomic E-state index is 13.2. The molecule has 242 valence electrons. The summed E-state index contributed by atoms with van der Waals surface area (Å²) in [5.41, 5.74) is 7.20. The minimum absolute atomic E-state index is 0.0446. The van der Waals surface area contributed by atoms with Crippen molar-refractivity contribution < 1.29 is 36.8 Å². The highest BCUT2D eigenvalue weighted by Gasteiger charge is 2.30. The van der Waals surface area contributed by atoms with E-state index in [0.29, 0.717) is 36.9 Å². The Kier molecular flexibility index (Phi) is 12.0. The van der Waals surface area contributed by atoms with Gasteiger partial charge in [-0.05, 0) is 67.1 Å². The normalized spacial score (nSPS) is 11.9. The second-order valence-electron chi connectivity index (χ2n) is 10.5. The number of Topliss-reactive ketones (excluding diaryl/α,β-unsaturated/α-hetero) is 1. The molecular weight excluding hydrogens is 603 g/mol. The average Bonchev–Trinajstić information content (AvgIpc) is 3.52. The van der Waals surface area contributed by atoms with Gasteiger partial charge in [0.2, 0.25) is 17.5 Å². The molecule has 10 nitrogen and oxygen atoms in total. The highest BCUT2D eigenvalue weighted by atomic mass is 19.4. The van der Waals surface area contributed by atoms with E-state index in [2.05, 4.69) is 20.8 Å². The Morgan fingerprint density at radius 3 is 2.37 bits per heavy atom. The zero-order valence-corrected chi connectivity index (χ0v) is 24.9.